The van der Waals surface area contributed by atoms with Crippen molar-refractivity contribution in [1.29, 1.82) is 5.41 Å². The van der Waals surface area contributed by atoms with Crippen molar-refractivity contribution in [2.45, 2.75) is 12.5 Å². The van der Waals surface area contributed by atoms with E-state index in [0.29, 0.717) is 11.6 Å². The van der Waals surface area contributed by atoms with E-state index in [9.17, 15) is 4.39 Å². The second kappa shape index (κ2) is 11.2. The van der Waals surface area contributed by atoms with Crippen molar-refractivity contribution in [2.24, 2.45) is 18.6 Å². The van der Waals surface area contributed by atoms with Crippen molar-refractivity contribution >= 4 is 22.9 Å². The van der Waals surface area contributed by atoms with Crippen LogP contribution in [0.1, 0.15) is 21.9 Å². The van der Waals surface area contributed by atoms with Crippen LogP contribution in [0, 0.1) is 11.2 Å². The second-order valence-corrected chi connectivity index (χ2v) is 7.81. The number of nitrogens with two attached hydrogens (primary N) is 2. The Morgan fingerprint density at radius 3 is 2.67 bits per heavy atom. The van der Waals surface area contributed by atoms with Gasteiger partial charge in [0.2, 0.25) is 0 Å². The Morgan fingerprint density at radius 1 is 1.40 bits per heavy atom. The lowest BCUT2D eigenvalue weighted by molar-refractivity contribution is 0.299. The first-order valence-electron chi connectivity index (χ1n) is 9.26. The number of nitrogen functional groups attached to an aromatic ring is 1. The molecule has 0 aliphatic carbocycles. The van der Waals surface area contributed by atoms with Gasteiger partial charge in [-0.25, -0.2) is 4.39 Å². The van der Waals surface area contributed by atoms with Gasteiger partial charge in [-0.2, -0.15) is 5.10 Å². The Labute approximate surface area is 180 Å². The van der Waals surface area contributed by atoms with Crippen molar-refractivity contribution in [3.05, 3.63) is 82.6 Å². The summed E-state index contributed by atoms with van der Waals surface area (Å²) in [6.07, 6.45) is 5.40. The zero-order valence-electron chi connectivity index (χ0n) is 17.2. The van der Waals surface area contributed by atoms with Gasteiger partial charge < -0.3 is 16.1 Å². The van der Waals surface area contributed by atoms with Gasteiger partial charge in [0.1, 0.15) is 11.7 Å². The van der Waals surface area contributed by atoms with Gasteiger partial charge in [0, 0.05) is 37.1 Å². The van der Waals surface area contributed by atoms with Crippen LogP contribution in [0.25, 0.3) is 0 Å². The summed E-state index contributed by atoms with van der Waals surface area (Å²) in [6, 6.07) is 8.22. The second-order valence-electron chi connectivity index (χ2n) is 6.81. The van der Waals surface area contributed by atoms with E-state index in [4.69, 9.17) is 17.0 Å². The Balaban J connectivity index is 0.000000194. The predicted octanol–water partition coefficient (Wildman–Crippen LogP) is 3.28. The molecule has 0 bridgehead atoms. The maximum Gasteiger partial charge on any atom is 0.125 e. The minimum atomic E-state index is -0.287. The van der Waals surface area contributed by atoms with Gasteiger partial charge >= 0.3 is 0 Å². The molecule has 0 radical (unpaired) electrons. The Kier molecular flexibility index (Phi) is 8.72. The number of fused-ring (bicyclic) bond motifs is 1. The van der Waals surface area contributed by atoms with Gasteiger partial charge in [-0.15, -0.1) is 11.3 Å². The molecular weight excluding hydrogens is 401 g/mol. The minimum absolute atomic E-state index is 0.0185. The van der Waals surface area contributed by atoms with Crippen LogP contribution in [0.5, 0.6) is 0 Å². The van der Waals surface area contributed by atoms with E-state index in [1.54, 1.807) is 12.1 Å². The van der Waals surface area contributed by atoms with Gasteiger partial charge in [0.05, 0.1) is 11.9 Å². The molecule has 4 rings (SSSR count). The molecule has 1 aliphatic heterocycles. The summed E-state index contributed by atoms with van der Waals surface area (Å²) in [7, 11) is 4.16. The number of aryl methyl sites for hydroxylation is 1. The van der Waals surface area contributed by atoms with E-state index in [1.165, 1.54) is 34.2 Å². The van der Waals surface area contributed by atoms with Gasteiger partial charge in [-0.1, -0.05) is 12.6 Å². The fraction of sp³-hybridized carbons (Fsp3) is 0.238. The molecule has 1 unspecified atom stereocenters. The maximum absolute atomic E-state index is 12.3. The first-order valence-corrected chi connectivity index (χ1v) is 10.1. The zero-order valence-corrected chi connectivity index (χ0v) is 18.0. The fourth-order valence-electron chi connectivity index (χ4n) is 2.99. The normalized spacial score (nSPS) is 15.0. The SMILES string of the molecule is C=CC(=N)N.CN1Cc2sccc2C(c2cnn(C)c2)C1.NNc1cccc(F)c1. The maximum atomic E-state index is 12.3. The first kappa shape index (κ1) is 23.3. The molecule has 0 fully saturated rings. The van der Waals surface area contributed by atoms with E-state index in [1.807, 2.05) is 29.3 Å². The summed E-state index contributed by atoms with van der Waals surface area (Å²) in [4.78, 5) is 3.89. The van der Waals surface area contributed by atoms with Gasteiger partial charge in [-0.3, -0.25) is 15.9 Å². The number of hydrogen-bond donors (Lipinski definition) is 4. The molecule has 0 spiro atoms. The van der Waals surface area contributed by atoms with Crippen molar-refractivity contribution < 1.29 is 4.39 Å². The third kappa shape index (κ3) is 6.80. The third-order valence-electron chi connectivity index (χ3n) is 4.40. The number of halogens is 1. The molecule has 0 saturated heterocycles. The molecule has 2 aromatic heterocycles. The molecule has 9 heteroatoms. The van der Waals surface area contributed by atoms with Crippen LogP contribution in [0.2, 0.25) is 0 Å². The van der Waals surface area contributed by atoms with Crippen LogP contribution in [0.3, 0.4) is 0 Å². The fourth-order valence-corrected chi connectivity index (χ4v) is 4.01. The Bertz CT molecular complexity index is 966. The molecule has 1 aromatic carbocycles. The highest BCUT2D eigenvalue weighted by molar-refractivity contribution is 7.10. The van der Waals surface area contributed by atoms with Gasteiger partial charge in [0.15, 0.2) is 0 Å². The number of nitrogens with one attached hydrogen (secondary N) is 2. The van der Waals surface area contributed by atoms with Crippen molar-refractivity contribution in [1.82, 2.24) is 14.7 Å². The molecule has 0 amide bonds. The number of hydrogen-bond acceptors (Lipinski definition) is 6. The number of aromatic nitrogens is 2. The number of amidine groups is 1. The van der Waals surface area contributed by atoms with Crippen LogP contribution < -0.4 is 17.0 Å². The lowest BCUT2D eigenvalue weighted by atomic mass is 9.91. The molecule has 1 aliphatic rings. The average molecular weight is 430 g/mol. The molecule has 160 valence electrons. The molecule has 7 nitrogen and oxygen atoms in total. The smallest absolute Gasteiger partial charge is 0.125 e. The van der Waals surface area contributed by atoms with E-state index in [0.717, 1.165) is 13.1 Å². The van der Waals surface area contributed by atoms with Crippen molar-refractivity contribution in [3.8, 4) is 0 Å². The highest BCUT2D eigenvalue weighted by atomic mass is 32.1. The first-order chi connectivity index (χ1) is 14.3. The van der Waals surface area contributed by atoms with E-state index < -0.39 is 0 Å². The molecule has 3 heterocycles. The summed E-state index contributed by atoms with van der Waals surface area (Å²) in [6.45, 7) is 5.39. The monoisotopic (exact) mass is 429 g/mol. The number of likely N-dealkylation sites (N-methyl/N-ethyl adjacent to an activating group) is 1. The summed E-state index contributed by atoms with van der Waals surface area (Å²) in [5.74, 6) is 5.23. The number of thiophene rings is 1. The number of rotatable bonds is 3. The summed E-state index contributed by atoms with van der Waals surface area (Å²) < 4.78 is 14.1. The Morgan fingerprint density at radius 2 is 2.13 bits per heavy atom. The zero-order chi connectivity index (χ0) is 22.1. The third-order valence-corrected chi connectivity index (χ3v) is 5.32. The Hall–Kier alpha value is -3.01. The summed E-state index contributed by atoms with van der Waals surface area (Å²) >= 11 is 1.87. The standard InChI is InChI=1S/C12H15N3S.C6H7FN2.C3H6N2/c1-14-7-11(9-5-13-15(2)6-9)10-3-4-16-12(10)8-14;7-5-2-1-3-6(4-5)9-8;1-2-3(4)5/h3-6,11H,7-8H2,1-2H3;1-4,9H,8H2;2H,1H2,(H3,4,5). The highest BCUT2D eigenvalue weighted by Gasteiger charge is 2.26. The average Bonchev–Trinajstić information content (AvgIpc) is 3.37. The van der Waals surface area contributed by atoms with E-state index in [-0.39, 0.29) is 11.7 Å². The van der Waals surface area contributed by atoms with Crippen LogP contribution in [0.15, 0.2) is 60.8 Å². The van der Waals surface area contributed by atoms with E-state index in [2.05, 4.69) is 46.7 Å². The van der Waals surface area contributed by atoms with Gasteiger partial charge in [0.25, 0.3) is 0 Å². The molecule has 30 heavy (non-hydrogen) atoms. The number of benzene rings is 1. The quantitative estimate of drug-likeness (QED) is 0.221. The molecule has 6 N–H and O–H groups in total. The largest absolute Gasteiger partial charge is 0.384 e. The van der Waals surface area contributed by atoms with Gasteiger partial charge in [-0.05, 0) is 53.9 Å². The predicted molar refractivity (Wildman–Crippen MR) is 122 cm³/mol. The number of hydrazine groups is 1. The van der Waals surface area contributed by atoms with E-state index >= 15 is 0 Å². The highest BCUT2D eigenvalue weighted by Crippen LogP contribution is 2.35. The van der Waals surface area contributed by atoms with Crippen LogP contribution in [0.4, 0.5) is 10.1 Å². The molecular formula is C21H28FN7S. The number of anilines is 1. The van der Waals surface area contributed by atoms with Crippen LogP contribution >= 0.6 is 11.3 Å². The summed E-state index contributed by atoms with van der Waals surface area (Å²) in [5.41, 5.74) is 10.5. The summed E-state index contributed by atoms with van der Waals surface area (Å²) in [5, 5.41) is 12.9. The topological polar surface area (TPSA) is 109 Å². The molecule has 3 aromatic rings. The van der Waals surface area contributed by atoms with Crippen molar-refractivity contribution in [3.63, 3.8) is 0 Å². The minimum Gasteiger partial charge on any atom is -0.384 e. The molecule has 0 saturated carbocycles. The lowest BCUT2D eigenvalue weighted by Crippen LogP contribution is -2.29. The van der Waals surface area contributed by atoms with Crippen LogP contribution in [-0.4, -0.2) is 34.1 Å². The van der Waals surface area contributed by atoms with Crippen molar-refractivity contribution in [2.75, 3.05) is 19.0 Å². The lowest BCUT2D eigenvalue weighted by Gasteiger charge is -2.29. The number of nitrogens with zero attached hydrogens (tertiary/aromatic N) is 3. The van der Waals surface area contributed by atoms with Crippen LogP contribution in [-0.2, 0) is 13.6 Å². The molecule has 1 atom stereocenters.